The second-order valence-electron chi connectivity index (χ2n) is 5.93. The molecule has 0 spiro atoms. The maximum Gasteiger partial charge on any atom is 0.266 e. The molecule has 0 bridgehead atoms. The summed E-state index contributed by atoms with van der Waals surface area (Å²) >= 11 is 1.25. The van der Waals surface area contributed by atoms with Crippen LogP contribution >= 0.6 is 11.3 Å². The van der Waals surface area contributed by atoms with Crippen LogP contribution in [0.25, 0.3) is 12.2 Å². The minimum atomic E-state index is -0.466. The molecule has 0 unspecified atom stereocenters. The molecule has 0 saturated heterocycles. The molecular weight excluding hydrogens is 288 g/mol. The zero-order chi connectivity index (χ0) is 15.8. The lowest BCUT2D eigenvalue weighted by atomic mass is 9.91. The van der Waals surface area contributed by atoms with E-state index in [9.17, 15) is 9.59 Å². The van der Waals surface area contributed by atoms with E-state index in [1.54, 1.807) is 13.0 Å². The first kappa shape index (κ1) is 15.4. The van der Waals surface area contributed by atoms with Crippen LogP contribution in [0, 0.1) is 19.3 Å². The molecule has 0 amide bonds. The van der Waals surface area contributed by atoms with Crippen LogP contribution in [0.5, 0.6) is 0 Å². The first-order valence-electron chi connectivity index (χ1n) is 6.58. The number of Topliss-reactive ketones (excluding diaryl/α,β-unsaturated/α-hetero) is 1. The Balaban J connectivity index is 2.53. The fraction of sp³-hybridized carbons (Fsp3) is 0.400. The predicted molar refractivity (Wildman–Crippen MR) is 82.7 cm³/mol. The van der Waals surface area contributed by atoms with Gasteiger partial charge in [-0.05, 0) is 19.9 Å². The molecule has 2 aromatic rings. The second kappa shape index (κ2) is 5.44. The maximum absolute atomic E-state index is 12.0. The van der Waals surface area contributed by atoms with E-state index in [2.05, 4.69) is 10.1 Å². The van der Waals surface area contributed by atoms with Gasteiger partial charge in [-0.2, -0.15) is 0 Å². The Morgan fingerprint density at radius 3 is 2.52 bits per heavy atom. The van der Waals surface area contributed by atoms with Gasteiger partial charge in [-0.15, -0.1) is 11.3 Å². The van der Waals surface area contributed by atoms with Crippen molar-refractivity contribution in [2.24, 2.45) is 5.41 Å². The fourth-order valence-corrected chi connectivity index (χ4v) is 2.55. The SMILES string of the molecule is Cc1noc(C)c1/C=c1\s/c(=C/C(=O)C(C)(C)C)[nH]c1=O. The Morgan fingerprint density at radius 2 is 2.00 bits per heavy atom. The van der Waals surface area contributed by atoms with Crippen molar-refractivity contribution in [1.29, 1.82) is 0 Å². The summed E-state index contributed by atoms with van der Waals surface area (Å²) in [6, 6.07) is 0. The number of aryl methyl sites for hydroxylation is 2. The third-order valence-electron chi connectivity index (χ3n) is 3.05. The van der Waals surface area contributed by atoms with Crippen molar-refractivity contribution in [3.8, 4) is 0 Å². The highest BCUT2D eigenvalue weighted by atomic mass is 32.1. The van der Waals surface area contributed by atoms with Crippen molar-refractivity contribution in [3.05, 3.63) is 36.6 Å². The summed E-state index contributed by atoms with van der Waals surface area (Å²) in [5.74, 6) is 0.639. The number of hydrogen-bond donors (Lipinski definition) is 1. The third kappa shape index (κ3) is 3.39. The lowest BCUT2D eigenvalue weighted by molar-refractivity contribution is -0.119. The molecule has 21 heavy (non-hydrogen) atoms. The average Bonchev–Trinajstić information content (AvgIpc) is 2.86. The number of aromatic nitrogens is 2. The van der Waals surface area contributed by atoms with Gasteiger partial charge in [-0.1, -0.05) is 25.9 Å². The Labute approximate surface area is 126 Å². The van der Waals surface area contributed by atoms with Crippen LogP contribution in [0.4, 0.5) is 0 Å². The van der Waals surface area contributed by atoms with Gasteiger partial charge < -0.3 is 9.51 Å². The van der Waals surface area contributed by atoms with Gasteiger partial charge >= 0.3 is 0 Å². The molecule has 0 radical (unpaired) electrons. The number of aromatic amines is 1. The van der Waals surface area contributed by atoms with Gasteiger partial charge in [0.2, 0.25) is 0 Å². The van der Waals surface area contributed by atoms with Gasteiger partial charge in [-0.3, -0.25) is 9.59 Å². The predicted octanol–water partition coefficient (Wildman–Crippen LogP) is 1.27. The summed E-state index contributed by atoms with van der Waals surface area (Å²) in [7, 11) is 0. The van der Waals surface area contributed by atoms with Crippen molar-refractivity contribution in [1.82, 2.24) is 10.1 Å². The number of rotatable bonds is 2. The molecule has 0 atom stereocenters. The van der Waals surface area contributed by atoms with E-state index in [1.165, 1.54) is 17.4 Å². The lowest BCUT2D eigenvalue weighted by Crippen LogP contribution is -2.22. The Bertz CT molecular complexity index is 827. The summed E-state index contributed by atoms with van der Waals surface area (Å²) in [5.41, 5.74) is 0.854. The van der Waals surface area contributed by atoms with E-state index in [4.69, 9.17) is 4.52 Å². The maximum atomic E-state index is 12.0. The third-order valence-corrected chi connectivity index (χ3v) is 4.01. The van der Waals surface area contributed by atoms with Crippen molar-refractivity contribution < 1.29 is 9.32 Å². The van der Waals surface area contributed by atoms with Gasteiger partial charge in [0.05, 0.1) is 14.9 Å². The molecule has 0 saturated carbocycles. The Hall–Kier alpha value is -1.95. The normalized spacial score (nSPS) is 14.0. The van der Waals surface area contributed by atoms with Crippen molar-refractivity contribution in [3.63, 3.8) is 0 Å². The summed E-state index contributed by atoms with van der Waals surface area (Å²) < 4.78 is 6.15. The summed E-state index contributed by atoms with van der Waals surface area (Å²) in [4.78, 5) is 26.6. The fourth-order valence-electron chi connectivity index (χ4n) is 1.69. The molecule has 5 nitrogen and oxygen atoms in total. The number of nitrogens with one attached hydrogen (secondary N) is 1. The largest absolute Gasteiger partial charge is 0.361 e. The molecule has 1 N–H and O–H groups in total. The molecule has 0 aliphatic heterocycles. The number of thiazole rings is 1. The van der Waals surface area contributed by atoms with Crippen LogP contribution in [-0.2, 0) is 4.79 Å². The topological polar surface area (TPSA) is 76.0 Å². The van der Waals surface area contributed by atoms with E-state index in [1.807, 2.05) is 27.7 Å². The van der Waals surface area contributed by atoms with Crippen molar-refractivity contribution in [2.45, 2.75) is 34.6 Å². The number of carbonyl (C=O) groups excluding carboxylic acids is 1. The monoisotopic (exact) mass is 306 g/mol. The van der Waals surface area contributed by atoms with Crippen LogP contribution in [0.15, 0.2) is 9.32 Å². The number of ketones is 1. The molecule has 112 valence electrons. The highest BCUT2D eigenvalue weighted by molar-refractivity contribution is 7.07. The van der Waals surface area contributed by atoms with Crippen molar-refractivity contribution in [2.75, 3.05) is 0 Å². The highest BCUT2D eigenvalue weighted by Crippen LogP contribution is 2.15. The molecule has 2 aromatic heterocycles. The number of hydrogen-bond acceptors (Lipinski definition) is 5. The summed E-state index contributed by atoms with van der Waals surface area (Å²) in [6.07, 6.45) is 3.22. The number of carbonyl (C=O) groups is 1. The van der Waals surface area contributed by atoms with Gasteiger partial charge in [-0.25, -0.2) is 0 Å². The van der Waals surface area contributed by atoms with Crippen LogP contribution in [-0.4, -0.2) is 15.9 Å². The first-order valence-corrected chi connectivity index (χ1v) is 7.40. The van der Waals surface area contributed by atoms with Gasteiger partial charge in [0.1, 0.15) is 5.76 Å². The first-order chi connectivity index (χ1) is 9.68. The van der Waals surface area contributed by atoms with Crippen LogP contribution in [0.1, 0.15) is 37.8 Å². The molecule has 0 aliphatic carbocycles. The molecule has 2 heterocycles. The van der Waals surface area contributed by atoms with Crippen molar-refractivity contribution >= 4 is 29.3 Å². The Kier molecular flexibility index (Phi) is 4.00. The Morgan fingerprint density at radius 1 is 1.33 bits per heavy atom. The van der Waals surface area contributed by atoms with Gasteiger partial charge in [0, 0.05) is 17.1 Å². The second-order valence-corrected chi connectivity index (χ2v) is 7.01. The quantitative estimate of drug-likeness (QED) is 0.906. The average molecular weight is 306 g/mol. The van der Waals surface area contributed by atoms with Gasteiger partial charge in [0.25, 0.3) is 5.56 Å². The van der Waals surface area contributed by atoms with E-state index in [-0.39, 0.29) is 11.3 Å². The molecule has 2 rings (SSSR count). The molecule has 0 aliphatic rings. The smallest absolute Gasteiger partial charge is 0.266 e. The minimum Gasteiger partial charge on any atom is -0.361 e. The molecular formula is C15H18N2O3S. The van der Waals surface area contributed by atoms with Crippen LogP contribution < -0.4 is 14.8 Å². The number of nitrogens with zero attached hydrogens (tertiary/aromatic N) is 1. The highest BCUT2D eigenvalue weighted by Gasteiger charge is 2.18. The zero-order valence-electron chi connectivity index (χ0n) is 12.7. The van der Waals surface area contributed by atoms with Crippen LogP contribution in [0.2, 0.25) is 0 Å². The van der Waals surface area contributed by atoms with E-state index < -0.39 is 5.41 Å². The lowest BCUT2D eigenvalue weighted by Gasteiger charge is -2.12. The van der Waals surface area contributed by atoms with Crippen LogP contribution in [0.3, 0.4) is 0 Å². The summed E-state index contributed by atoms with van der Waals surface area (Å²) in [6.45, 7) is 9.14. The molecule has 6 heteroatoms. The minimum absolute atomic E-state index is 0.0242. The summed E-state index contributed by atoms with van der Waals surface area (Å²) in [5, 5.41) is 3.85. The molecule has 0 aromatic carbocycles. The molecule has 0 fully saturated rings. The van der Waals surface area contributed by atoms with E-state index >= 15 is 0 Å². The van der Waals surface area contributed by atoms with E-state index in [0.29, 0.717) is 15.0 Å². The zero-order valence-corrected chi connectivity index (χ0v) is 13.6. The standard InChI is InChI=1S/C15H18N2O3S/c1-8-10(9(2)20-17-8)6-11-14(19)16-13(21-11)7-12(18)15(3,4)5/h6-7H,1-5H3,(H,16,19)/b11-6-,13-7+. The van der Waals surface area contributed by atoms with E-state index in [0.717, 1.165) is 11.3 Å². The number of H-pyrrole nitrogens is 1. The van der Waals surface area contributed by atoms with Gasteiger partial charge in [0.15, 0.2) is 5.78 Å².